The largest absolute Gasteiger partial charge is 0.490 e. The predicted molar refractivity (Wildman–Crippen MR) is 244 cm³/mol. The van der Waals surface area contributed by atoms with E-state index in [0.29, 0.717) is 36.1 Å². The van der Waals surface area contributed by atoms with E-state index in [2.05, 4.69) is 20.9 Å². The van der Waals surface area contributed by atoms with E-state index >= 15 is 4.39 Å². The molecule has 5 atom stereocenters. The fourth-order valence-corrected chi connectivity index (χ4v) is 10.3. The van der Waals surface area contributed by atoms with E-state index in [-0.39, 0.29) is 97.2 Å². The Balaban J connectivity index is 0.938. The van der Waals surface area contributed by atoms with E-state index in [1.54, 1.807) is 31.3 Å². The van der Waals surface area contributed by atoms with E-state index in [4.69, 9.17) is 22.1 Å². The zero-order chi connectivity index (χ0) is 50.4. The van der Waals surface area contributed by atoms with Gasteiger partial charge in [0, 0.05) is 48.4 Å². The minimum absolute atomic E-state index is 0.0290. The number of nitrogens with zero attached hydrogens (tertiary/aromatic N) is 3. The number of aromatic amines is 1. The summed E-state index contributed by atoms with van der Waals surface area (Å²) in [5.41, 5.74) is 1.40. The summed E-state index contributed by atoms with van der Waals surface area (Å²) in [5, 5.41) is 8.08. The molecule has 0 bridgehead atoms. The summed E-state index contributed by atoms with van der Waals surface area (Å²) in [6.45, 7) is 0.348. The lowest BCUT2D eigenvalue weighted by molar-refractivity contribution is -0.143. The fourth-order valence-electron chi connectivity index (χ4n) is 9.59. The first-order valence-corrected chi connectivity index (χ1v) is 24.4. The normalized spacial score (nSPS) is 21.5. The van der Waals surface area contributed by atoms with Crippen LogP contribution in [0.4, 0.5) is 13.2 Å². The molecule has 24 heteroatoms. The molecule has 0 saturated carbocycles. The molecule has 8 N–H and O–H groups in total. The number of H-pyrrole nitrogens is 1. The Labute approximate surface area is 402 Å². The van der Waals surface area contributed by atoms with Gasteiger partial charge in [-0.2, -0.15) is 8.78 Å². The topological polar surface area (TPSA) is 274 Å². The number of hydrogen-bond donors (Lipinski definition) is 7. The highest BCUT2D eigenvalue weighted by Crippen LogP contribution is 2.59. The highest BCUT2D eigenvalue weighted by Gasteiger charge is 2.51. The number of piperidine rings is 1. The number of nitrogens with two attached hydrogens (primary N) is 1. The Morgan fingerprint density at radius 3 is 2.54 bits per heavy atom. The summed E-state index contributed by atoms with van der Waals surface area (Å²) in [7, 11) is -4.09. The van der Waals surface area contributed by atoms with Gasteiger partial charge >= 0.3 is 13.3 Å². The van der Waals surface area contributed by atoms with Gasteiger partial charge in [0.05, 0.1) is 16.6 Å². The smallest absolute Gasteiger partial charge is 0.399 e. The summed E-state index contributed by atoms with van der Waals surface area (Å²) >= 11 is 6.84. The molecule has 3 aromatic carbocycles. The Kier molecular flexibility index (Phi) is 14.2. The quantitative estimate of drug-likeness (QED) is 0.0669. The van der Waals surface area contributed by atoms with Gasteiger partial charge in [-0.3, -0.25) is 43.4 Å². The molecule has 0 aliphatic carbocycles. The molecule has 5 heterocycles. The van der Waals surface area contributed by atoms with Crippen molar-refractivity contribution in [1.29, 1.82) is 0 Å². The van der Waals surface area contributed by atoms with Gasteiger partial charge in [-0.05, 0) is 99.1 Å². The standard InChI is InChI=1S/C46H49ClF3N8O11P/c1-56-14-13-29-7-9-35(58(29)44(64)33(21-56)54-41(61)32-19-25-18-27(5-8-31(25)53-32)46(49,50)70(66,67)68)43(63)52-28(6-11-37(51)59)22-69-36-4-2-3-24(40(36)47)15-23-16-26-20-57(45(65)39(26)30(48)17-23)34-10-12-38(60)55-42(34)62/h2-5,8,16-19,28-29,33-35,53H,6-7,9-15,20-22H2,1H3,(H2,51,59)(H,52,63)(H,54,61)(H,55,60,62)(H2,66,67,68)/t28-,29+,33-,34?,35-/m0/s1. The van der Waals surface area contributed by atoms with E-state index < -0.39 is 90.2 Å². The van der Waals surface area contributed by atoms with Gasteiger partial charge in [0.2, 0.25) is 29.5 Å². The average Bonchev–Trinajstić information content (AvgIpc) is 4.01. The first kappa shape index (κ1) is 50.1. The number of imide groups is 1. The molecule has 4 aromatic rings. The lowest BCUT2D eigenvalue weighted by Gasteiger charge is -2.38. The zero-order valence-electron chi connectivity index (χ0n) is 37.5. The number of ether oxygens (including phenoxy) is 1. The van der Waals surface area contributed by atoms with Crippen molar-refractivity contribution in [3.8, 4) is 5.75 Å². The summed E-state index contributed by atoms with van der Waals surface area (Å²) in [4.78, 5) is 117. The van der Waals surface area contributed by atoms with Crippen molar-refractivity contribution in [2.45, 2.75) is 93.8 Å². The highest BCUT2D eigenvalue weighted by atomic mass is 35.5. The van der Waals surface area contributed by atoms with Gasteiger partial charge in [0.25, 0.3) is 11.8 Å². The monoisotopic (exact) mass is 1010 g/mol. The lowest BCUT2D eigenvalue weighted by atomic mass is 9.99. The molecule has 19 nitrogen and oxygen atoms in total. The first-order chi connectivity index (χ1) is 33.1. The van der Waals surface area contributed by atoms with Crippen LogP contribution in [0.25, 0.3) is 10.9 Å². The van der Waals surface area contributed by atoms with Crippen molar-refractivity contribution in [1.82, 2.24) is 35.6 Å². The maximum absolute atomic E-state index is 15.5. The van der Waals surface area contributed by atoms with Crippen molar-refractivity contribution in [3.05, 3.63) is 98.9 Å². The van der Waals surface area contributed by atoms with Crippen molar-refractivity contribution < 1.29 is 65.8 Å². The molecule has 3 fully saturated rings. The van der Waals surface area contributed by atoms with Crippen molar-refractivity contribution in [3.63, 3.8) is 0 Å². The molecule has 1 unspecified atom stereocenters. The molecule has 70 heavy (non-hydrogen) atoms. The molecule has 7 amide bonds. The van der Waals surface area contributed by atoms with Crippen LogP contribution >= 0.6 is 19.2 Å². The molecule has 4 aliphatic rings. The van der Waals surface area contributed by atoms with Crippen LogP contribution in [0.5, 0.6) is 5.75 Å². The molecule has 4 aliphatic heterocycles. The Morgan fingerprint density at radius 1 is 1.04 bits per heavy atom. The number of benzene rings is 3. The average molecular weight is 1010 g/mol. The van der Waals surface area contributed by atoms with Crippen LogP contribution in [0.3, 0.4) is 0 Å². The third-order valence-electron chi connectivity index (χ3n) is 13.2. The van der Waals surface area contributed by atoms with Gasteiger partial charge < -0.3 is 50.6 Å². The second-order valence-corrected chi connectivity index (χ2v) is 20.1. The number of amides is 7. The van der Waals surface area contributed by atoms with Crippen LogP contribution in [0.15, 0.2) is 54.6 Å². The van der Waals surface area contributed by atoms with Gasteiger partial charge in [-0.25, -0.2) is 4.39 Å². The Hall–Kier alpha value is -6.32. The van der Waals surface area contributed by atoms with Crippen molar-refractivity contribution in [2.24, 2.45) is 5.73 Å². The number of halogens is 4. The van der Waals surface area contributed by atoms with Crippen LogP contribution in [0.2, 0.25) is 5.02 Å². The summed E-state index contributed by atoms with van der Waals surface area (Å²) < 4.78 is 62.1. The van der Waals surface area contributed by atoms with Crippen LogP contribution in [0.1, 0.15) is 88.0 Å². The summed E-state index contributed by atoms with van der Waals surface area (Å²) in [6.07, 6.45) is 1.48. The zero-order valence-corrected chi connectivity index (χ0v) is 39.2. The second kappa shape index (κ2) is 19.8. The maximum atomic E-state index is 15.5. The molecular weight excluding hydrogens is 964 g/mol. The minimum atomic E-state index is -5.86. The number of fused-ring (bicyclic) bond motifs is 3. The number of alkyl halides is 2. The number of rotatable bonds is 15. The number of carbonyl (C=O) groups is 7. The highest BCUT2D eigenvalue weighted by molar-refractivity contribution is 7.52. The van der Waals surface area contributed by atoms with E-state index in [9.17, 15) is 56.7 Å². The number of carbonyl (C=O) groups excluding carboxylic acids is 7. The van der Waals surface area contributed by atoms with Crippen LogP contribution < -0.4 is 26.4 Å². The molecule has 0 spiro atoms. The van der Waals surface area contributed by atoms with Crippen LogP contribution in [-0.2, 0) is 47.2 Å². The number of nitrogens with one attached hydrogen (secondary N) is 4. The summed E-state index contributed by atoms with van der Waals surface area (Å²) in [6, 6.07) is 7.64. The lowest BCUT2D eigenvalue weighted by Crippen LogP contribution is -2.60. The van der Waals surface area contributed by atoms with E-state index in [1.165, 1.54) is 21.9 Å². The summed E-state index contributed by atoms with van der Waals surface area (Å²) in [5.74, 6) is -4.77. The maximum Gasteiger partial charge on any atom is 0.399 e. The predicted octanol–water partition coefficient (Wildman–Crippen LogP) is 3.16. The second-order valence-electron chi connectivity index (χ2n) is 18.1. The number of likely N-dealkylation sites (N-methyl/N-ethyl adjacent to an activating group) is 1. The fraction of sp³-hybridized carbons (Fsp3) is 0.413. The third kappa shape index (κ3) is 10.3. The first-order valence-electron chi connectivity index (χ1n) is 22.4. The van der Waals surface area contributed by atoms with Crippen LogP contribution in [0, 0.1) is 5.82 Å². The Morgan fingerprint density at radius 2 is 1.81 bits per heavy atom. The minimum Gasteiger partial charge on any atom is -0.490 e. The molecule has 8 rings (SSSR count). The molecule has 372 valence electrons. The Bertz CT molecular complexity index is 2860. The van der Waals surface area contributed by atoms with E-state index in [1.807, 2.05) is 4.90 Å². The van der Waals surface area contributed by atoms with Crippen molar-refractivity contribution >= 4 is 71.4 Å². The van der Waals surface area contributed by atoms with Gasteiger partial charge in [0.1, 0.15) is 42.0 Å². The molecule has 1 aromatic heterocycles. The van der Waals surface area contributed by atoms with E-state index in [0.717, 1.165) is 18.2 Å². The SMILES string of the molecule is CN1CC[C@H]2CC[C@@H](C(=O)N[C@@H](CCC(N)=O)COc3cccc(Cc4cc(F)c5c(c4)CN(C4CCC(=O)NC4=O)C5=O)c3Cl)N2C(=O)[C@@H](NC(=O)c2cc3cc(C(F)(F)P(=O)(O)O)ccc3[nH]2)C1. The van der Waals surface area contributed by atoms with Crippen molar-refractivity contribution in [2.75, 3.05) is 26.7 Å². The molecule has 0 radical (unpaired) electrons. The number of hydrogen-bond acceptors (Lipinski definition) is 10. The molecule has 3 saturated heterocycles. The number of aromatic nitrogens is 1. The van der Waals surface area contributed by atoms with Gasteiger partial charge in [0.15, 0.2) is 0 Å². The van der Waals surface area contributed by atoms with Gasteiger partial charge in [-0.15, -0.1) is 0 Å². The van der Waals surface area contributed by atoms with Gasteiger partial charge in [-0.1, -0.05) is 35.9 Å². The third-order valence-corrected chi connectivity index (χ3v) is 14.6. The van der Waals surface area contributed by atoms with Crippen LogP contribution in [-0.4, -0.2) is 128 Å². The number of primary amides is 1. The molecular formula is C46H49ClF3N8O11P.